The average molecular weight is 306 g/mol. The summed E-state index contributed by atoms with van der Waals surface area (Å²) < 4.78 is 4.60. The predicted octanol–water partition coefficient (Wildman–Crippen LogP) is 1.98. The van der Waals surface area contributed by atoms with Crippen molar-refractivity contribution in [3.63, 3.8) is 0 Å². The Labute approximate surface area is 118 Å². The zero-order valence-corrected chi connectivity index (χ0v) is 12.0. The highest BCUT2D eigenvalue weighted by Gasteiger charge is 2.13. The summed E-state index contributed by atoms with van der Waals surface area (Å²) in [6.45, 7) is 0.582. The Morgan fingerprint density at radius 3 is 2.83 bits per heavy atom. The standard InChI is InChI=1S/C10H11N3O2S2.ClH/c1-15-10(14)7-5-17-9(13-7)6-4-16-8(12-6)2-3-11;/h4-5H,2-3,11H2,1H3;1H. The first-order valence-corrected chi connectivity index (χ1v) is 6.69. The lowest BCUT2D eigenvalue weighted by Crippen LogP contribution is -2.02. The van der Waals surface area contributed by atoms with E-state index in [4.69, 9.17) is 5.73 Å². The fourth-order valence-corrected chi connectivity index (χ4v) is 2.86. The van der Waals surface area contributed by atoms with Gasteiger partial charge in [0.05, 0.1) is 12.1 Å². The van der Waals surface area contributed by atoms with Gasteiger partial charge in [0.25, 0.3) is 0 Å². The van der Waals surface area contributed by atoms with Gasteiger partial charge in [0.2, 0.25) is 0 Å². The van der Waals surface area contributed by atoms with E-state index < -0.39 is 5.97 Å². The fraction of sp³-hybridized carbons (Fsp3) is 0.300. The molecular formula is C10H12ClN3O2S2. The number of carbonyl (C=O) groups is 1. The quantitative estimate of drug-likeness (QED) is 0.874. The van der Waals surface area contributed by atoms with Gasteiger partial charge in [-0.1, -0.05) is 0 Å². The third kappa shape index (κ3) is 3.26. The zero-order valence-electron chi connectivity index (χ0n) is 9.58. The number of rotatable bonds is 4. The third-order valence-corrected chi connectivity index (χ3v) is 3.80. The lowest BCUT2D eigenvalue weighted by Gasteiger charge is -1.91. The van der Waals surface area contributed by atoms with E-state index in [1.54, 1.807) is 16.7 Å². The van der Waals surface area contributed by atoms with Crippen molar-refractivity contribution < 1.29 is 9.53 Å². The lowest BCUT2D eigenvalue weighted by atomic mass is 10.4. The molecule has 0 aliphatic carbocycles. The van der Waals surface area contributed by atoms with E-state index in [1.807, 2.05) is 5.38 Å². The van der Waals surface area contributed by atoms with E-state index in [9.17, 15) is 4.79 Å². The Morgan fingerprint density at radius 2 is 2.17 bits per heavy atom. The molecule has 0 spiro atoms. The topological polar surface area (TPSA) is 78.1 Å². The van der Waals surface area contributed by atoms with E-state index in [2.05, 4.69) is 14.7 Å². The molecule has 0 aliphatic rings. The molecule has 2 aromatic heterocycles. The second kappa shape index (κ2) is 6.79. The van der Waals surface area contributed by atoms with Crippen LogP contribution in [-0.4, -0.2) is 29.6 Å². The minimum atomic E-state index is -0.426. The first-order valence-electron chi connectivity index (χ1n) is 4.93. The van der Waals surface area contributed by atoms with Crippen molar-refractivity contribution in [2.75, 3.05) is 13.7 Å². The largest absolute Gasteiger partial charge is 0.464 e. The molecule has 0 aliphatic heterocycles. The molecular weight excluding hydrogens is 294 g/mol. The molecule has 0 bridgehead atoms. The van der Waals surface area contributed by atoms with Crippen molar-refractivity contribution in [3.8, 4) is 10.7 Å². The first kappa shape index (κ1) is 15.0. The van der Waals surface area contributed by atoms with Gasteiger partial charge in [-0.3, -0.25) is 0 Å². The number of ether oxygens (including phenoxy) is 1. The summed E-state index contributed by atoms with van der Waals surface area (Å²) in [6, 6.07) is 0. The molecule has 2 rings (SSSR count). The van der Waals surface area contributed by atoms with Crippen molar-refractivity contribution in [3.05, 3.63) is 21.5 Å². The van der Waals surface area contributed by atoms with Gasteiger partial charge in [0.15, 0.2) is 5.69 Å². The molecule has 2 N–H and O–H groups in total. The second-order valence-electron chi connectivity index (χ2n) is 3.19. The number of esters is 1. The van der Waals surface area contributed by atoms with E-state index in [0.717, 1.165) is 22.1 Å². The molecule has 0 atom stereocenters. The highest BCUT2D eigenvalue weighted by molar-refractivity contribution is 7.14. The zero-order chi connectivity index (χ0) is 12.3. The third-order valence-electron chi connectivity index (χ3n) is 2.03. The normalized spacial score (nSPS) is 9.89. The Bertz CT molecular complexity index is 527. The predicted molar refractivity (Wildman–Crippen MR) is 74.6 cm³/mol. The van der Waals surface area contributed by atoms with Gasteiger partial charge in [-0.05, 0) is 6.54 Å². The fourth-order valence-electron chi connectivity index (χ4n) is 1.24. The number of hydrogen-bond donors (Lipinski definition) is 1. The van der Waals surface area contributed by atoms with Crippen LogP contribution in [0.25, 0.3) is 10.7 Å². The van der Waals surface area contributed by atoms with E-state index in [1.165, 1.54) is 18.4 Å². The van der Waals surface area contributed by atoms with Crippen LogP contribution in [-0.2, 0) is 11.2 Å². The van der Waals surface area contributed by atoms with Crippen LogP contribution in [0.1, 0.15) is 15.5 Å². The van der Waals surface area contributed by atoms with Crippen molar-refractivity contribution in [1.82, 2.24) is 9.97 Å². The van der Waals surface area contributed by atoms with Crippen LogP contribution in [0.4, 0.5) is 0 Å². The van der Waals surface area contributed by atoms with Crippen molar-refractivity contribution >= 4 is 41.0 Å². The maximum atomic E-state index is 11.3. The molecule has 0 saturated heterocycles. The number of methoxy groups -OCH3 is 1. The van der Waals surface area contributed by atoms with Crippen molar-refractivity contribution in [2.45, 2.75) is 6.42 Å². The summed E-state index contributed by atoms with van der Waals surface area (Å²) in [6.07, 6.45) is 0.764. The Balaban J connectivity index is 0.00000162. The minimum Gasteiger partial charge on any atom is -0.464 e. The van der Waals surface area contributed by atoms with Gasteiger partial charge in [0, 0.05) is 17.2 Å². The molecule has 2 aromatic rings. The van der Waals surface area contributed by atoms with Gasteiger partial charge in [-0.2, -0.15) is 0 Å². The SMILES string of the molecule is COC(=O)c1csc(-c2csc(CCN)n2)n1.Cl. The first-order chi connectivity index (χ1) is 8.24. The van der Waals surface area contributed by atoms with Crippen LogP contribution in [0.2, 0.25) is 0 Å². The van der Waals surface area contributed by atoms with E-state index in [0.29, 0.717) is 12.2 Å². The summed E-state index contributed by atoms with van der Waals surface area (Å²) in [5.41, 5.74) is 6.57. The molecule has 0 fully saturated rings. The molecule has 0 saturated carbocycles. The van der Waals surface area contributed by atoms with Gasteiger partial charge < -0.3 is 10.5 Å². The molecule has 0 unspecified atom stereocenters. The number of hydrogen-bond acceptors (Lipinski definition) is 7. The van der Waals surface area contributed by atoms with Crippen LogP contribution in [0, 0.1) is 0 Å². The van der Waals surface area contributed by atoms with Crippen LogP contribution < -0.4 is 5.73 Å². The van der Waals surface area contributed by atoms with Crippen molar-refractivity contribution in [2.24, 2.45) is 5.73 Å². The molecule has 8 heteroatoms. The number of halogens is 1. The molecule has 0 aromatic carbocycles. The van der Waals surface area contributed by atoms with Crippen LogP contribution in [0.15, 0.2) is 10.8 Å². The van der Waals surface area contributed by atoms with Gasteiger partial charge in [-0.15, -0.1) is 35.1 Å². The lowest BCUT2D eigenvalue weighted by molar-refractivity contribution is 0.0595. The molecule has 98 valence electrons. The average Bonchev–Trinajstić information content (AvgIpc) is 2.96. The van der Waals surface area contributed by atoms with Crippen LogP contribution >= 0.6 is 35.1 Å². The highest BCUT2D eigenvalue weighted by Crippen LogP contribution is 2.25. The molecule has 18 heavy (non-hydrogen) atoms. The molecule has 2 heterocycles. The summed E-state index contributed by atoms with van der Waals surface area (Å²) >= 11 is 2.93. The molecule has 0 amide bonds. The summed E-state index contributed by atoms with van der Waals surface area (Å²) in [5.74, 6) is -0.426. The van der Waals surface area contributed by atoms with Crippen LogP contribution in [0.5, 0.6) is 0 Å². The summed E-state index contributed by atoms with van der Waals surface area (Å²) in [7, 11) is 1.34. The van der Waals surface area contributed by atoms with E-state index in [-0.39, 0.29) is 12.4 Å². The smallest absolute Gasteiger partial charge is 0.357 e. The maximum Gasteiger partial charge on any atom is 0.357 e. The van der Waals surface area contributed by atoms with Gasteiger partial charge in [-0.25, -0.2) is 14.8 Å². The Kier molecular flexibility index (Phi) is 5.67. The number of nitrogens with two attached hydrogens (primary N) is 1. The summed E-state index contributed by atoms with van der Waals surface area (Å²) in [5, 5.41) is 5.30. The van der Waals surface area contributed by atoms with E-state index >= 15 is 0 Å². The van der Waals surface area contributed by atoms with Gasteiger partial charge >= 0.3 is 5.97 Å². The molecule has 0 radical (unpaired) electrons. The molecule has 5 nitrogen and oxygen atoms in total. The van der Waals surface area contributed by atoms with Crippen molar-refractivity contribution in [1.29, 1.82) is 0 Å². The maximum absolute atomic E-state index is 11.3. The highest BCUT2D eigenvalue weighted by atomic mass is 35.5. The Morgan fingerprint density at radius 1 is 1.39 bits per heavy atom. The second-order valence-corrected chi connectivity index (χ2v) is 5.00. The van der Waals surface area contributed by atoms with Gasteiger partial charge in [0.1, 0.15) is 10.7 Å². The number of carbonyl (C=O) groups excluding carboxylic acids is 1. The Hall–Kier alpha value is -1.02. The monoisotopic (exact) mass is 305 g/mol. The number of aromatic nitrogens is 2. The minimum absolute atomic E-state index is 0. The summed E-state index contributed by atoms with van der Waals surface area (Å²) in [4.78, 5) is 19.8. The van der Waals surface area contributed by atoms with Crippen LogP contribution in [0.3, 0.4) is 0 Å². The number of nitrogens with zero attached hydrogens (tertiary/aromatic N) is 2. The number of thiazole rings is 2.